The van der Waals surface area contributed by atoms with Crippen LogP contribution in [0.15, 0.2) is 51.3 Å². The van der Waals surface area contributed by atoms with Crippen molar-refractivity contribution in [1.82, 2.24) is 9.47 Å². The predicted molar refractivity (Wildman–Crippen MR) is 62.7 cm³/mol. The number of pyridine rings is 1. The maximum Gasteiger partial charge on any atom is 0.253 e. The van der Waals surface area contributed by atoms with Crippen LogP contribution in [0.25, 0.3) is 0 Å². The molecule has 0 saturated carbocycles. The Morgan fingerprint density at radius 3 is 3.19 bits per heavy atom. The molecule has 0 aliphatic carbocycles. The molecule has 0 amide bonds. The molecule has 0 unspecified atom stereocenters. The Hall–Kier alpha value is -1.81. The van der Waals surface area contributed by atoms with E-state index in [1.54, 1.807) is 23.3 Å². The van der Waals surface area contributed by atoms with Crippen LogP contribution in [-0.4, -0.2) is 15.3 Å². The molecule has 2 aliphatic rings. The SMILES string of the molecule is [2H]c1cc([2H])c(=O)n2c1N=C1C=CC(Cl)=CN1C2. The van der Waals surface area contributed by atoms with Gasteiger partial charge in [0.1, 0.15) is 18.3 Å². The monoisotopic (exact) mass is 235 g/mol. The lowest BCUT2D eigenvalue weighted by Crippen LogP contribution is -2.36. The zero-order valence-electron chi connectivity index (χ0n) is 10.1. The van der Waals surface area contributed by atoms with Crippen LogP contribution in [0, 0.1) is 0 Å². The number of fused-ring (bicyclic) bond motifs is 2. The Balaban J connectivity index is 2.23. The third-order valence-corrected chi connectivity index (χ3v) is 2.60. The summed E-state index contributed by atoms with van der Waals surface area (Å²) in [6.45, 7) is 0.214. The standard InChI is InChI=1S/C11H8ClN3O/c12-8-4-5-9-13-10-2-1-3-11(16)15(10)7-14(9)6-8/h1-6H,7H2/i2D,3D. The van der Waals surface area contributed by atoms with Gasteiger partial charge in [0.05, 0.1) is 7.77 Å². The lowest BCUT2D eigenvalue weighted by atomic mass is 10.3. The third kappa shape index (κ3) is 1.39. The van der Waals surface area contributed by atoms with Gasteiger partial charge < -0.3 is 4.90 Å². The first-order valence-electron chi connectivity index (χ1n) is 5.68. The molecule has 16 heavy (non-hydrogen) atoms. The van der Waals surface area contributed by atoms with Crippen molar-refractivity contribution in [2.75, 3.05) is 0 Å². The van der Waals surface area contributed by atoms with Crippen LogP contribution in [0.3, 0.4) is 0 Å². The van der Waals surface area contributed by atoms with Crippen molar-refractivity contribution >= 4 is 23.3 Å². The topological polar surface area (TPSA) is 37.6 Å². The molecular formula is C11H8ClN3O. The number of rotatable bonds is 0. The number of hydrogen-bond donors (Lipinski definition) is 0. The summed E-state index contributed by atoms with van der Waals surface area (Å²) in [5, 5.41) is 0.540. The molecule has 1 aromatic heterocycles. The summed E-state index contributed by atoms with van der Waals surface area (Å²) in [5.41, 5.74) is -0.456. The summed E-state index contributed by atoms with van der Waals surface area (Å²) in [5.74, 6) is 0.906. The van der Waals surface area contributed by atoms with Crippen molar-refractivity contribution in [2.24, 2.45) is 4.99 Å². The Morgan fingerprint density at radius 1 is 1.44 bits per heavy atom. The average molecular weight is 236 g/mol. The molecule has 0 spiro atoms. The van der Waals surface area contributed by atoms with Crippen molar-refractivity contribution in [1.29, 1.82) is 0 Å². The number of aromatic nitrogens is 1. The van der Waals surface area contributed by atoms with Crippen LogP contribution in [-0.2, 0) is 6.67 Å². The quantitative estimate of drug-likeness (QED) is 0.688. The molecule has 0 radical (unpaired) electrons. The van der Waals surface area contributed by atoms with E-state index in [0.717, 1.165) is 0 Å². The van der Waals surface area contributed by atoms with Crippen molar-refractivity contribution in [3.63, 3.8) is 0 Å². The summed E-state index contributed by atoms with van der Waals surface area (Å²) in [4.78, 5) is 17.8. The van der Waals surface area contributed by atoms with E-state index < -0.39 is 5.56 Å². The highest BCUT2D eigenvalue weighted by Crippen LogP contribution is 2.22. The molecule has 0 N–H and O–H groups in total. The molecule has 1 aromatic rings. The second-order valence-corrected chi connectivity index (χ2v) is 3.85. The van der Waals surface area contributed by atoms with Gasteiger partial charge in [0.2, 0.25) is 0 Å². The first kappa shape index (κ1) is 7.46. The lowest BCUT2D eigenvalue weighted by Gasteiger charge is -2.28. The van der Waals surface area contributed by atoms with Gasteiger partial charge >= 0.3 is 0 Å². The molecule has 80 valence electrons. The molecule has 0 saturated heterocycles. The van der Waals surface area contributed by atoms with Gasteiger partial charge in [0, 0.05) is 12.2 Å². The minimum absolute atomic E-state index is 0.0702. The highest BCUT2D eigenvalue weighted by molar-refractivity contribution is 6.32. The minimum Gasteiger partial charge on any atom is -0.313 e. The summed E-state index contributed by atoms with van der Waals surface area (Å²) in [6.07, 6.45) is 5.09. The van der Waals surface area contributed by atoms with E-state index in [2.05, 4.69) is 4.99 Å². The van der Waals surface area contributed by atoms with Gasteiger partial charge in [0.25, 0.3) is 5.56 Å². The molecule has 4 nitrogen and oxygen atoms in total. The van der Waals surface area contributed by atoms with Crippen LogP contribution in [0.4, 0.5) is 5.82 Å². The number of halogens is 1. The molecule has 2 aliphatic heterocycles. The maximum absolute atomic E-state index is 11.8. The Morgan fingerprint density at radius 2 is 2.31 bits per heavy atom. The average Bonchev–Trinajstić information content (AvgIpc) is 2.34. The first-order valence-corrected chi connectivity index (χ1v) is 5.06. The van der Waals surface area contributed by atoms with Crippen LogP contribution >= 0.6 is 11.6 Å². The Kier molecular flexibility index (Phi) is 1.56. The fourth-order valence-corrected chi connectivity index (χ4v) is 1.80. The van der Waals surface area contributed by atoms with Gasteiger partial charge in [-0.25, -0.2) is 4.99 Å². The van der Waals surface area contributed by atoms with Crippen LogP contribution < -0.4 is 5.56 Å². The molecule has 0 bridgehead atoms. The predicted octanol–water partition coefficient (Wildman–Crippen LogP) is 1.80. The van der Waals surface area contributed by atoms with Crippen molar-refractivity contribution < 1.29 is 2.74 Å². The first-order chi connectivity index (χ1) is 8.56. The zero-order chi connectivity index (χ0) is 12.9. The fraction of sp³-hybridized carbons (Fsp3) is 0.0909. The molecule has 0 atom stereocenters. The molecular weight excluding hydrogens is 226 g/mol. The van der Waals surface area contributed by atoms with Gasteiger partial charge in [-0.05, 0) is 18.2 Å². The lowest BCUT2D eigenvalue weighted by molar-refractivity contribution is 0.420. The fourth-order valence-electron chi connectivity index (χ4n) is 1.62. The number of hydrogen-bond acceptors (Lipinski definition) is 3. The van der Waals surface area contributed by atoms with Gasteiger partial charge in [-0.1, -0.05) is 17.7 Å². The number of amidine groups is 1. The normalized spacial score (nSPS) is 19.2. The number of nitrogens with zero attached hydrogens (tertiary/aromatic N) is 3. The Bertz CT molecular complexity index is 690. The van der Waals surface area contributed by atoms with Gasteiger partial charge in [-0.15, -0.1) is 0 Å². The van der Waals surface area contributed by atoms with Crippen molar-refractivity contribution in [3.8, 4) is 0 Å². The van der Waals surface area contributed by atoms with Gasteiger partial charge in [-0.2, -0.15) is 0 Å². The highest BCUT2D eigenvalue weighted by Gasteiger charge is 2.18. The van der Waals surface area contributed by atoms with E-state index in [1.165, 1.54) is 10.6 Å². The van der Waals surface area contributed by atoms with Crippen molar-refractivity contribution in [2.45, 2.75) is 6.67 Å². The second kappa shape index (κ2) is 3.35. The van der Waals surface area contributed by atoms with E-state index in [9.17, 15) is 4.79 Å². The van der Waals surface area contributed by atoms with E-state index in [4.69, 9.17) is 14.3 Å². The maximum atomic E-state index is 11.8. The Labute approximate surface area is 99.6 Å². The van der Waals surface area contributed by atoms with E-state index in [1.807, 2.05) is 0 Å². The zero-order valence-corrected chi connectivity index (χ0v) is 8.90. The largest absolute Gasteiger partial charge is 0.313 e. The number of allylic oxidation sites excluding steroid dienone is 2. The molecule has 5 heteroatoms. The third-order valence-electron chi connectivity index (χ3n) is 2.38. The van der Waals surface area contributed by atoms with Crippen LogP contribution in [0.1, 0.15) is 2.74 Å². The van der Waals surface area contributed by atoms with Crippen LogP contribution in [0.2, 0.25) is 0 Å². The molecule has 0 aromatic carbocycles. The van der Waals surface area contributed by atoms with E-state index in [0.29, 0.717) is 10.9 Å². The van der Waals surface area contributed by atoms with E-state index in [-0.39, 0.29) is 24.6 Å². The molecule has 3 heterocycles. The van der Waals surface area contributed by atoms with Gasteiger partial charge in [-0.3, -0.25) is 9.36 Å². The highest BCUT2D eigenvalue weighted by atomic mass is 35.5. The van der Waals surface area contributed by atoms with Crippen LogP contribution in [0.5, 0.6) is 0 Å². The van der Waals surface area contributed by atoms with Crippen molar-refractivity contribution in [3.05, 3.63) is 51.9 Å². The molecule has 3 rings (SSSR count). The molecule has 0 fully saturated rings. The van der Waals surface area contributed by atoms with Gasteiger partial charge in [0.15, 0.2) is 0 Å². The second-order valence-electron chi connectivity index (χ2n) is 3.42. The smallest absolute Gasteiger partial charge is 0.253 e. The minimum atomic E-state index is -0.456. The summed E-state index contributed by atoms with van der Waals surface area (Å²) in [6, 6.07) is 1.08. The summed E-state index contributed by atoms with van der Waals surface area (Å²) in [7, 11) is 0. The number of aliphatic imine (C=N–C) groups is 1. The summed E-state index contributed by atoms with van der Waals surface area (Å²) >= 11 is 5.88. The van der Waals surface area contributed by atoms with E-state index >= 15 is 0 Å². The summed E-state index contributed by atoms with van der Waals surface area (Å²) < 4.78 is 16.6.